The van der Waals surface area contributed by atoms with Crippen LogP contribution >= 0.6 is 11.6 Å². The van der Waals surface area contributed by atoms with Crippen LogP contribution in [0.5, 0.6) is 0 Å². The molecule has 2 aromatic carbocycles. The minimum absolute atomic E-state index is 0.0586. The number of halogens is 1. The molecule has 13 heteroatoms. The number of aliphatic hydroxyl groups is 1. The van der Waals surface area contributed by atoms with Crippen molar-refractivity contribution in [3.05, 3.63) is 59.1 Å². The van der Waals surface area contributed by atoms with Crippen molar-refractivity contribution in [1.82, 2.24) is 10.6 Å². The van der Waals surface area contributed by atoms with E-state index in [9.17, 15) is 33.9 Å². The highest BCUT2D eigenvalue weighted by Gasteiger charge is 2.37. The zero-order chi connectivity index (χ0) is 37.7. The van der Waals surface area contributed by atoms with Crippen molar-refractivity contribution in [2.45, 2.75) is 90.0 Å². The second-order valence-electron chi connectivity index (χ2n) is 13.4. The first-order valence-corrected chi connectivity index (χ1v) is 17.9. The lowest BCUT2D eigenvalue weighted by atomic mass is 9.91. The van der Waals surface area contributed by atoms with E-state index in [0.717, 1.165) is 11.1 Å². The van der Waals surface area contributed by atoms with Gasteiger partial charge in [0, 0.05) is 47.6 Å². The minimum atomic E-state index is -1.35. The van der Waals surface area contributed by atoms with Crippen LogP contribution < -0.4 is 22.1 Å². The van der Waals surface area contributed by atoms with Crippen LogP contribution in [-0.2, 0) is 28.7 Å². The minimum Gasteiger partial charge on any atom is -0.391 e. The molecule has 0 radical (unpaired) electrons. The van der Waals surface area contributed by atoms with Crippen molar-refractivity contribution < 1.29 is 38.6 Å². The van der Waals surface area contributed by atoms with Gasteiger partial charge in [-0.15, -0.1) is 0 Å². The van der Waals surface area contributed by atoms with Gasteiger partial charge in [-0.25, -0.2) is 0 Å². The molecule has 1 fully saturated rings. The van der Waals surface area contributed by atoms with E-state index in [1.54, 1.807) is 43.3 Å². The lowest BCUT2D eigenvalue weighted by molar-refractivity contribution is -0.135. The Morgan fingerprint density at radius 1 is 0.784 bits per heavy atom. The molecule has 7 N–H and O–H groups in total. The van der Waals surface area contributed by atoms with Crippen LogP contribution in [0.1, 0.15) is 76.1 Å². The summed E-state index contributed by atoms with van der Waals surface area (Å²) in [5, 5.41) is 16.4. The normalized spacial score (nSPS) is 17.3. The zero-order valence-corrected chi connectivity index (χ0v) is 30.3. The number of Topliss-reactive ketones (excluding diaryl/α,β-unsaturated/α-hetero) is 4. The predicted octanol–water partition coefficient (Wildman–Crippen LogP) is 3.18. The van der Waals surface area contributed by atoms with Gasteiger partial charge in [-0.05, 0) is 69.0 Å². The fraction of sp³-hybridized carbons (Fsp3) is 0.526. The third-order valence-electron chi connectivity index (χ3n) is 9.08. The lowest BCUT2D eigenvalue weighted by Crippen LogP contribution is -2.51. The molecule has 1 aliphatic rings. The number of nitrogens with two attached hydrogens (primary N) is 2. The summed E-state index contributed by atoms with van der Waals surface area (Å²) in [6, 6.07) is 12.0. The number of aliphatic hydroxyl groups excluding tert-OH is 1. The molecule has 0 spiro atoms. The van der Waals surface area contributed by atoms with E-state index in [2.05, 4.69) is 10.6 Å². The van der Waals surface area contributed by atoms with E-state index in [1.807, 2.05) is 12.1 Å². The van der Waals surface area contributed by atoms with Crippen LogP contribution in [0.15, 0.2) is 48.5 Å². The van der Waals surface area contributed by atoms with Gasteiger partial charge < -0.3 is 31.9 Å². The summed E-state index contributed by atoms with van der Waals surface area (Å²) in [6.07, 6.45) is -0.632. The molecule has 1 unspecified atom stereocenters. The third-order valence-corrected chi connectivity index (χ3v) is 9.33. The van der Waals surface area contributed by atoms with Gasteiger partial charge in [-0.1, -0.05) is 61.8 Å². The van der Waals surface area contributed by atoms with E-state index in [-0.39, 0.29) is 49.6 Å². The molecular weight excluding hydrogens is 676 g/mol. The molecule has 3 rings (SSSR count). The second-order valence-corrected chi connectivity index (χ2v) is 13.9. The average molecular weight is 727 g/mol. The van der Waals surface area contributed by atoms with Gasteiger partial charge >= 0.3 is 0 Å². The molecule has 2 amide bonds. The van der Waals surface area contributed by atoms with E-state index >= 15 is 0 Å². The summed E-state index contributed by atoms with van der Waals surface area (Å²) >= 11 is 5.98. The lowest BCUT2D eigenvalue weighted by Gasteiger charge is -2.25. The van der Waals surface area contributed by atoms with Gasteiger partial charge in [-0.2, -0.15) is 0 Å². The number of rotatable bonds is 23. The number of hydrogen-bond acceptors (Lipinski definition) is 10. The van der Waals surface area contributed by atoms with Gasteiger partial charge in [0.1, 0.15) is 12.1 Å². The molecule has 0 aromatic heterocycles. The molecule has 0 aliphatic carbocycles. The molecule has 1 saturated heterocycles. The number of ketones is 4. The first-order valence-electron chi connectivity index (χ1n) is 17.5. The summed E-state index contributed by atoms with van der Waals surface area (Å²) in [7, 11) is 0. The van der Waals surface area contributed by atoms with Crippen molar-refractivity contribution in [3.63, 3.8) is 0 Å². The van der Waals surface area contributed by atoms with Gasteiger partial charge in [0.05, 0.1) is 18.8 Å². The van der Waals surface area contributed by atoms with Crippen LogP contribution in [0.25, 0.3) is 11.1 Å². The molecule has 7 atom stereocenters. The van der Waals surface area contributed by atoms with Gasteiger partial charge in [-0.3, -0.25) is 28.8 Å². The standard InChI is InChI=1S/C38H51ClN4O8/c1-22(36(48)34-21-51-34)18-32(46)30(6-4-5-16-40)42-37(49)23(2)19-33(47)35(24(3)44)43-38(50)28(15-17-41)20-31(45)27-9-7-25(8-10-27)26-11-13-29(39)14-12-26/h7-14,22-24,28,30,34-35,44H,4-6,15-21,40-41H2,1-3H3,(H,42,49)(H,43,50)/t22-,23-,24-,28-,30+,34?,35+/m1/s1. The summed E-state index contributed by atoms with van der Waals surface area (Å²) in [6.45, 7) is 5.39. The van der Waals surface area contributed by atoms with Crippen molar-refractivity contribution in [2.75, 3.05) is 19.7 Å². The fourth-order valence-electron chi connectivity index (χ4n) is 5.82. The SMILES string of the molecule is C[C@H](CC(=O)[C@@H](NC(=O)[C@H](CCN)CC(=O)c1ccc(-c2ccc(Cl)cc2)cc1)[C@@H](C)O)C(=O)N[C@@H](CCCCN)C(=O)C[C@@H](C)C(=O)C1CO1. The third kappa shape index (κ3) is 13.0. The van der Waals surface area contributed by atoms with Crippen molar-refractivity contribution in [1.29, 1.82) is 0 Å². The summed E-state index contributed by atoms with van der Waals surface area (Å²) in [5.74, 6) is -4.83. The highest BCUT2D eigenvalue weighted by atomic mass is 35.5. The Labute approximate surface area is 304 Å². The van der Waals surface area contributed by atoms with Gasteiger partial charge in [0.15, 0.2) is 23.1 Å². The second kappa shape index (κ2) is 20.3. The number of benzene rings is 2. The van der Waals surface area contributed by atoms with Crippen LogP contribution in [0.4, 0.5) is 0 Å². The summed E-state index contributed by atoms with van der Waals surface area (Å²) in [4.78, 5) is 78.6. The number of nitrogens with one attached hydrogen (secondary N) is 2. The maximum atomic E-state index is 13.4. The van der Waals surface area contributed by atoms with E-state index in [1.165, 1.54) is 13.8 Å². The van der Waals surface area contributed by atoms with Crippen molar-refractivity contribution >= 4 is 46.5 Å². The average Bonchev–Trinajstić information content (AvgIpc) is 3.95. The maximum absolute atomic E-state index is 13.4. The first-order chi connectivity index (χ1) is 24.2. The Balaban J connectivity index is 1.61. The van der Waals surface area contributed by atoms with E-state index < -0.39 is 59.6 Å². The monoisotopic (exact) mass is 726 g/mol. The molecule has 51 heavy (non-hydrogen) atoms. The summed E-state index contributed by atoms with van der Waals surface area (Å²) in [5.41, 5.74) is 13.6. The molecule has 2 aromatic rings. The molecule has 12 nitrogen and oxygen atoms in total. The molecule has 0 saturated carbocycles. The Morgan fingerprint density at radius 2 is 1.37 bits per heavy atom. The molecule has 278 valence electrons. The van der Waals surface area contributed by atoms with Crippen LogP contribution in [0.3, 0.4) is 0 Å². The van der Waals surface area contributed by atoms with Gasteiger partial charge in [0.25, 0.3) is 0 Å². The molecule has 0 bridgehead atoms. The van der Waals surface area contributed by atoms with Gasteiger partial charge in [0.2, 0.25) is 11.8 Å². The summed E-state index contributed by atoms with van der Waals surface area (Å²) < 4.78 is 5.04. The number of carbonyl (C=O) groups excluding carboxylic acids is 6. The van der Waals surface area contributed by atoms with E-state index in [4.69, 9.17) is 27.8 Å². The zero-order valence-electron chi connectivity index (χ0n) is 29.6. The molecular formula is C38H51ClN4O8. The number of epoxide rings is 1. The number of amides is 2. The predicted molar refractivity (Wildman–Crippen MR) is 194 cm³/mol. The van der Waals surface area contributed by atoms with Crippen LogP contribution in [0, 0.1) is 17.8 Å². The van der Waals surface area contributed by atoms with Crippen molar-refractivity contribution in [2.24, 2.45) is 29.2 Å². The first kappa shape index (κ1) is 41.6. The molecule has 1 aliphatic heterocycles. The number of ether oxygens (including phenoxy) is 1. The maximum Gasteiger partial charge on any atom is 0.224 e. The smallest absolute Gasteiger partial charge is 0.224 e. The van der Waals surface area contributed by atoms with Crippen LogP contribution in [0.2, 0.25) is 5.02 Å². The highest BCUT2D eigenvalue weighted by Crippen LogP contribution is 2.24. The number of unbranched alkanes of at least 4 members (excludes halogenated alkanes) is 1. The number of hydrogen-bond donors (Lipinski definition) is 5. The van der Waals surface area contributed by atoms with E-state index in [0.29, 0.717) is 43.0 Å². The fourth-order valence-corrected chi connectivity index (χ4v) is 5.94. The largest absolute Gasteiger partial charge is 0.391 e. The Bertz CT molecular complexity index is 1510. The molecule has 1 heterocycles. The quantitative estimate of drug-likeness (QED) is 0.0641. The topological polar surface area (TPSA) is 211 Å². The Hall–Kier alpha value is -3.81. The Morgan fingerprint density at radius 3 is 1.92 bits per heavy atom. The number of carbonyl (C=O) groups is 6. The van der Waals surface area contributed by atoms with Crippen molar-refractivity contribution in [3.8, 4) is 11.1 Å². The highest BCUT2D eigenvalue weighted by molar-refractivity contribution is 6.30. The Kier molecular flexibility index (Phi) is 16.6. The van der Waals surface area contributed by atoms with Crippen LogP contribution in [-0.4, -0.2) is 84.0 Å².